The second-order valence-corrected chi connectivity index (χ2v) is 16.4. The number of nitrogens with one attached hydrogen (secondary N) is 1. The predicted octanol–water partition coefficient (Wildman–Crippen LogP) is 17.5. The number of nitrogens with zero attached hydrogens (tertiary/aromatic N) is 1. The van der Waals surface area contributed by atoms with Gasteiger partial charge in [0.15, 0.2) is 0 Å². The molecule has 1 N–H and O–H groups in total. The smallest absolute Gasteiger partial charge is 0.0363 e. The van der Waals surface area contributed by atoms with Crippen LogP contribution in [0.5, 0.6) is 0 Å². The molecule has 0 saturated heterocycles. The van der Waals surface area contributed by atoms with Gasteiger partial charge in [-0.1, -0.05) is 256 Å². The molecule has 0 spiro atoms. The van der Waals surface area contributed by atoms with Crippen LogP contribution in [0.1, 0.15) is 232 Å². The maximum absolute atomic E-state index is 3.50. The zero-order valence-corrected chi connectivity index (χ0v) is 36.2. The van der Waals surface area contributed by atoms with Crippen LogP contribution < -0.4 is 10.2 Å². The normalized spacial score (nSPS) is 11.0. The monoisotopic (exact) mass is 733 g/mol. The Kier molecular flexibility index (Phi) is 38.1. The number of unbranched alkanes of at least 4 members (excludes halogenated alkanes) is 32. The molecule has 2 aromatic rings. The van der Waals surface area contributed by atoms with Gasteiger partial charge in [0, 0.05) is 31.5 Å². The molecule has 53 heavy (non-hydrogen) atoms. The van der Waals surface area contributed by atoms with Gasteiger partial charge in [0.05, 0.1) is 0 Å². The van der Waals surface area contributed by atoms with Crippen molar-refractivity contribution in [3.8, 4) is 0 Å². The van der Waals surface area contributed by atoms with Crippen LogP contribution in [0.3, 0.4) is 0 Å². The number of benzene rings is 2. The maximum Gasteiger partial charge on any atom is 0.0363 e. The van der Waals surface area contributed by atoms with E-state index >= 15 is 0 Å². The van der Waals surface area contributed by atoms with Crippen LogP contribution in [-0.4, -0.2) is 20.1 Å². The molecule has 0 fully saturated rings. The predicted molar refractivity (Wildman–Crippen MR) is 243 cm³/mol. The molecule has 0 radical (unpaired) electrons. The third-order valence-corrected chi connectivity index (χ3v) is 11.2. The van der Waals surface area contributed by atoms with Crippen molar-refractivity contribution in [2.75, 3.05) is 30.4 Å². The van der Waals surface area contributed by atoms with Gasteiger partial charge >= 0.3 is 0 Å². The van der Waals surface area contributed by atoms with Crippen LogP contribution in [0, 0.1) is 0 Å². The first kappa shape index (κ1) is 49.1. The Balaban J connectivity index is 0.000000530. The molecule has 2 nitrogen and oxygen atoms in total. The summed E-state index contributed by atoms with van der Waals surface area (Å²) in [6.45, 7) is 6.89. The van der Waals surface area contributed by atoms with Crippen LogP contribution in [0.25, 0.3) is 0 Å². The van der Waals surface area contributed by atoms with Gasteiger partial charge in [-0.25, -0.2) is 0 Å². The zero-order chi connectivity index (χ0) is 38.0. The SMILES string of the molecule is CCCCCCCCCCCCCCCCCCCCNc1ccccc1.CCCCCCCCCCCCCCCCCCN(C)c1ccccc1. The van der Waals surface area contributed by atoms with E-state index in [2.05, 4.69) is 91.8 Å². The highest BCUT2D eigenvalue weighted by atomic mass is 15.1. The van der Waals surface area contributed by atoms with E-state index in [1.165, 1.54) is 236 Å². The Hall–Kier alpha value is -1.96. The summed E-state index contributed by atoms with van der Waals surface area (Å²) in [6, 6.07) is 21.3. The van der Waals surface area contributed by atoms with E-state index < -0.39 is 0 Å². The number of anilines is 2. The molecule has 0 saturated carbocycles. The Morgan fingerprint density at radius 1 is 0.340 bits per heavy atom. The maximum atomic E-state index is 3.50. The molecule has 2 aromatic carbocycles. The molecule has 0 aliphatic carbocycles. The van der Waals surface area contributed by atoms with Gasteiger partial charge in [-0.3, -0.25) is 0 Å². The molecule has 0 amide bonds. The van der Waals surface area contributed by atoms with Crippen molar-refractivity contribution in [3.05, 3.63) is 60.7 Å². The Labute approximate surface area is 333 Å². The highest BCUT2D eigenvalue weighted by Crippen LogP contribution is 2.17. The average Bonchev–Trinajstić information content (AvgIpc) is 3.19. The first-order valence-electron chi connectivity index (χ1n) is 23.8. The van der Waals surface area contributed by atoms with Gasteiger partial charge in [-0.15, -0.1) is 0 Å². The molecule has 2 heteroatoms. The molecule has 0 aliphatic rings. The third-order valence-electron chi connectivity index (χ3n) is 11.2. The van der Waals surface area contributed by atoms with E-state index in [1.54, 1.807) is 0 Å². The topological polar surface area (TPSA) is 15.3 Å². The van der Waals surface area contributed by atoms with Gasteiger partial charge in [0.2, 0.25) is 0 Å². The van der Waals surface area contributed by atoms with Gasteiger partial charge < -0.3 is 10.2 Å². The van der Waals surface area contributed by atoms with Crippen molar-refractivity contribution in [3.63, 3.8) is 0 Å². The summed E-state index contributed by atoms with van der Waals surface area (Å²) in [5.41, 5.74) is 2.60. The first-order chi connectivity index (χ1) is 26.3. The summed E-state index contributed by atoms with van der Waals surface area (Å²) in [7, 11) is 2.21. The molecule has 0 atom stereocenters. The molecule has 306 valence electrons. The Morgan fingerprint density at radius 2 is 0.623 bits per heavy atom. The van der Waals surface area contributed by atoms with E-state index in [0.29, 0.717) is 0 Å². The number of hydrogen-bond donors (Lipinski definition) is 1. The number of rotatable bonds is 38. The number of para-hydroxylation sites is 2. The van der Waals surface area contributed by atoms with Crippen LogP contribution in [0.15, 0.2) is 60.7 Å². The highest BCUT2D eigenvalue weighted by molar-refractivity contribution is 5.44. The number of hydrogen-bond acceptors (Lipinski definition) is 2. The standard InChI is InChI=1S/C26H47N.C25H45N/c1-2-3-4-5-6-7-8-9-10-11-12-13-14-15-16-17-18-22-25-27-26-23-20-19-21-24-26;1-3-4-5-6-7-8-9-10-11-12-13-14-15-16-17-21-24-26(2)25-22-19-18-20-23-25/h19-21,23-24,27H,2-18,22,25H2,1H3;18-20,22-23H,3-17,21,24H2,1-2H3. The summed E-state index contributed by atoms with van der Waals surface area (Å²) in [4.78, 5) is 2.38. The lowest BCUT2D eigenvalue weighted by molar-refractivity contribution is 0.526. The largest absolute Gasteiger partial charge is 0.385 e. The molecule has 0 aliphatic heterocycles. The zero-order valence-electron chi connectivity index (χ0n) is 36.2. The lowest BCUT2D eigenvalue weighted by Crippen LogP contribution is -2.18. The van der Waals surface area contributed by atoms with Gasteiger partial charge in [0.25, 0.3) is 0 Å². The summed E-state index contributed by atoms with van der Waals surface area (Å²) in [5, 5.41) is 3.50. The molecule has 0 aromatic heterocycles. The lowest BCUT2D eigenvalue weighted by Gasteiger charge is -2.18. The Bertz CT molecular complexity index is 928. The third kappa shape index (κ3) is 35.5. The van der Waals surface area contributed by atoms with Crippen LogP contribution in [0.4, 0.5) is 11.4 Å². The molecule has 0 heterocycles. The summed E-state index contributed by atoms with van der Waals surface area (Å²) < 4.78 is 0. The quantitative estimate of drug-likeness (QED) is 0.0692. The molecular formula is C51H92N2. The summed E-state index contributed by atoms with van der Waals surface area (Å²) >= 11 is 0. The van der Waals surface area contributed by atoms with Crippen LogP contribution in [-0.2, 0) is 0 Å². The minimum absolute atomic E-state index is 1.11. The van der Waals surface area contributed by atoms with Crippen LogP contribution >= 0.6 is 0 Å². The van der Waals surface area contributed by atoms with Crippen molar-refractivity contribution in [1.29, 1.82) is 0 Å². The fourth-order valence-electron chi connectivity index (χ4n) is 7.52. The van der Waals surface area contributed by atoms with Crippen molar-refractivity contribution in [2.45, 2.75) is 232 Å². The van der Waals surface area contributed by atoms with Crippen molar-refractivity contribution in [2.24, 2.45) is 0 Å². The second kappa shape index (κ2) is 41.2. The van der Waals surface area contributed by atoms with E-state index in [1.807, 2.05) is 0 Å². The Morgan fingerprint density at radius 3 is 0.962 bits per heavy atom. The highest BCUT2D eigenvalue weighted by Gasteiger charge is 2.00. The van der Waals surface area contributed by atoms with Crippen molar-refractivity contribution in [1.82, 2.24) is 0 Å². The second-order valence-electron chi connectivity index (χ2n) is 16.4. The molecular weight excluding hydrogens is 641 g/mol. The van der Waals surface area contributed by atoms with Gasteiger partial charge in [0.1, 0.15) is 0 Å². The van der Waals surface area contributed by atoms with Crippen LogP contribution in [0.2, 0.25) is 0 Å². The molecule has 0 bridgehead atoms. The van der Waals surface area contributed by atoms with Gasteiger partial charge in [-0.2, -0.15) is 0 Å². The first-order valence-corrected chi connectivity index (χ1v) is 23.8. The van der Waals surface area contributed by atoms with Gasteiger partial charge in [-0.05, 0) is 37.1 Å². The summed E-state index contributed by atoms with van der Waals surface area (Å²) in [6.07, 6.45) is 49.0. The van der Waals surface area contributed by atoms with E-state index in [0.717, 1.165) is 6.54 Å². The van der Waals surface area contributed by atoms with E-state index in [-0.39, 0.29) is 0 Å². The van der Waals surface area contributed by atoms with Crippen molar-refractivity contribution < 1.29 is 0 Å². The molecule has 2 rings (SSSR count). The average molecular weight is 733 g/mol. The minimum atomic E-state index is 1.11. The fraction of sp³-hybridized carbons (Fsp3) is 0.765. The minimum Gasteiger partial charge on any atom is -0.385 e. The summed E-state index contributed by atoms with van der Waals surface area (Å²) in [5.74, 6) is 0. The fourth-order valence-corrected chi connectivity index (χ4v) is 7.52. The molecule has 0 unspecified atom stereocenters. The lowest BCUT2D eigenvalue weighted by atomic mass is 10.0. The van der Waals surface area contributed by atoms with E-state index in [9.17, 15) is 0 Å². The van der Waals surface area contributed by atoms with Crippen molar-refractivity contribution >= 4 is 11.4 Å². The van der Waals surface area contributed by atoms with E-state index in [4.69, 9.17) is 0 Å².